The second-order valence-electron chi connectivity index (χ2n) is 5.35. The largest absolute Gasteiger partial charge is 0.435 e. The Bertz CT molecular complexity index is 405. The molecule has 1 fully saturated rings. The van der Waals surface area contributed by atoms with Gasteiger partial charge in [-0.25, -0.2) is 0 Å². The van der Waals surface area contributed by atoms with Gasteiger partial charge in [-0.3, -0.25) is 0 Å². The summed E-state index contributed by atoms with van der Waals surface area (Å²) in [7, 11) is 0. The average Bonchev–Trinajstić information content (AvgIpc) is 2.37. The third-order valence-corrected chi connectivity index (χ3v) is 3.81. The van der Waals surface area contributed by atoms with Crippen LogP contribution < -0.4 is 10.5 Å². The van der Waals surface area contributed by atoms with E-state index in [4.69, 9.17) is 5.73 Å². The maximum atomic E-state index is 12.1. The van der Waals surface area contributed by atoms with Crippen molar-refractivity contribution < 1.29 is 13.5 Å². The van der Waals surface area contributed by atoms with Crippen molar-refractivity contribution in [3.8, 4) is 5.75 Å². The van der Waals surface area contributed by atoms with E-state index >= 15 is 0 Å². The maximum Gasteiger partial charge on any atom is 0.387 e. The maximum absolute atomic E-state index is 12.1. The zero-order valence-corrected chi connectivity index (χ0v) is 11.8. The van der Waals surface area contributed by atoms with Gasteiger partial charge in [0, 0.05) is 25.0 Å². The fraction of sp³-hybridized carbons (Fsp3) is 0.600. The highest BCUT2D eigenvalue weighted by Gasteiger charge is 2.31. The van der Waals surface area contributed by atoms with E-state index in [0.717, 1.165) is 25.2 Å². The van der Waals surface area contributed by atoms with Gasteiger partial charge in [0.05, 0.1) is 0 Å². The Kier molecular flexibility index (Phi) is 5.31. The first kappa shape index (κ1) is 15.2. The first-order valence-electron chi connectivity index (χ1n) is 7.13. The molecule has 1 unspecified atom stereocenters. The minimum absolute atomic E-state index is 0.0338. The van der Waals surface area contributed by atoms with E-state index in [1.165, 1.54) is 12.8 Å². The van der Waals surface area contributed by atoms with Crippen LogP contribution in [0.15, 0.2) is 24.3 Å². The Hall–Kier alpha value is -1.20. The molecule has 1 saturated heterocycles. The number of rotatable bonds is 7. The zero-order chi connectivity index (χ0) is 14.5. The van der Waals surface area contributed by atoms with E-state index in [0.29, 0.717) is 5.92 Å². The van der Waals surface area contributed by atoms with E-state index in [9.17, 15) is 8.78 Å². The average molecular weight is 284 g/mol. The highest BCUT2D eigenvalue weighted by Crippen LogP contribution is 2.29. The number of alkyl halides is 2. The molecule has 1 aliphatic heterocycles. The second kappa shape index (κ2) is 6.99. The van der Waals surface area contributed by atoms with Crippen molar-refractivity contribution in [1.82, 2.24) is 4.90 Å². The van der Waals surface area contributed by atoms with E-state index in [1.807, 2.05) is 0 Å². The third kappa shape index (κ3) is 3.90. The molecule has 1 aliphatic rings. The molecule has 2 rings (SSSR count). The molecular formula is C15H22F2N2O. The van der Waals surface area contributed by atoms with Crippen molar-refractivity contribution >= 4 is 0 Å². The Labute approximate surface area is 118 Å². The number of nitrogens with zero attached hydrogens (tertiary/aromatic N) is 1. The molecule has 112 valence electrons. The van der Waals surface area contributed by atoms with Gasteiger partial charge in [-0.05, 0) is 30.7 Å². The van der Waals surface area contributed by atoms with Crippen molar-refractivity contribution in [2.45, 2.75) is 32.4 Å². The molecule has 0 spiro atoms. The fourth-order valence-electron chi connectivity index (χ4n) is 2.54. The molecule has 2 N–H and O–H groups in total. The SMILES string of the molecule is CCCCN1CC(C(N)c2ccc(OC(F)F)cc2)C1. The summed E-state index contributed by atoms with van der Waals surface area (Å²) in [6.07, 6.45) is 2.43. The molecule has 1 aromatic carbocycles. The van der Waals surface area contributed by atoms with Crippen molar-refractivity contribution in [2.24, 2.45) is 11.7 Å². The Morgan fingerprint density at radius 3 is 2.50 bits per heavy atom. The van der Waals surface area contributed by atoms with E-state index in [2.05, 4.69) is 16.6 Å². The molecule has 0 saturated carbocycles. The van der Waals surface area contributed by atoms with Gasteiger partial charge in [-0.2, -0.15) is 8.78 Å². The summed E-state index contributed by atoms with van der Waals surface area (Å²) < 4.78 is 28.5. The van der Waals surface area contributed by atoms with Crippen LogP contribution in [0.25, 0.3) is 0 Å². The summed E-state index contributed by atoms with van der Waals surface area (Å²) in [5.74, 6) is 0.628. The Balaban J connectivity index is 1.83. The Morgan fingerprint density at radius 2 is 1.95 bits per heavy atom. The predicted octanol–water partition coefficient (Wildman–Crippen LogP) is 3.02. The first-order chi connectivity index (χ1) is 9.60. The van der Waals surface area contributed by atoms with Gasteiger partial charge in [0.2, 0.25) is 0 Å². The molecule has 20 heavy (non-hydrogen) atoms. The van der Waals surface area contributed by atoms with Crippen LogP contribution in [-0.4, -0.2) is 31.1 Å². The lowest BCUT2D eigenvalue weighted by atomic mass is 9.87. The molecule has 1 aromatic rings. The van der Waals surface area contributed by atoms with Crippen LogP contribution in [0.5, 0.6) is 5.75 Å². The summed E-state index contributed by atoms with van der Waals surface area (Å²) in [4.78, 5) is 2.41. The van der Waals surface area contributed by atoms with Crippen LogP contribution in [0.2, 0.25) is 0 Å². The summed E-state index contributed by atoms with van der Waals surface area (Å²) in [5.41, 5.74) is 7.21. The molecule has 1 heterocycles. The van der Waals surface area contributed by atoms with Crippen LogP contribution in [0, 0.1) is 5.92 Å². The zero-order valence-electron chi connectivity index (χ0n) is 11.8. The van der Waals surface area contributed by atoms with Crippen molar-refractivity contribution in [1.29, 1.82) is 0 Å². The summed E-state index contributed by atoms with van der Waals surface area (Å²) >= 11 is 0. The summed E-state index contributed by atoms with van der Waals surface area (Å²) in [6.45, 7) is 2.59. The number of hydrogen-bond acceptors (Lipinski definition) is 3. The van der Waals surface area contributed by atoms with E-state index in [-0.39, 0.29) is 11.8 Å². The quantitative estimate of drug-likeness (QED) is 0.836. The number of halogens is 2. The number of nitrogens with two attached hydrogens (primary N) is 1. The first-order valence-corrected chi connectivity index (χ1v) is 7.13. The van der Waals surface area contributed by atoms with Gasteiger partial charge in [0.15, 0.2) is 0 Å². The lowest BCUT2D eigenvalue weighted by Crippen LogP contribution is -2.51. The lowest BCUT2D eigenvalue weighted by Gasteiger charge is -2.42. The molecule has 0 aromatic heterocycles. The van der Waals surface area contributed by atoms with Gasteiger partial charge in [0.25, 0.3) is 0 Å². The minimum Gasteiger partial charge on any atom is -0.435 e. The van der Waals surface area contributed by atoms with Crippen molar-refractivity contribution in [3.63, 3.8) is 0 Å². The second-order valence-corrected chi connectivity index (χ2v) is 5.35. The molecule has 3 nitrogen and oxygen atoms in total. The van der Waals surface area contributed by atoms with Gasteiger partial charge in [0.1, 0.15) is 5.75 Å². The number of unbranched alkanes of at least 4 members (excludes halogenated alkanes) is 1. The normalized spacial score (nSPS) is 18.1. The molecular weight excluding hydrogens is 262 g/mol. The Morgan fingerprint density at radius 1 is 1.30 bits per heavy atom. The number of hydrogen-bond donors (Lipinski definition) is 1. The van der Waals surface area contributed by atoms with Crippen LogP contribution in [0.1, 0.15) is 31.4 Å². The van der Waals surface area contributed by atoms with Crippen molar-refractivity contribution in [3.05, 3.63) is 29.8 Å². The summed E-state index contributed by atoms with van der Waals surface area (Å²) in [5, 5.41) is 0. The molecule has 5 heteroatoms. The third-order valence-electron chi connectivity index (χ3n) is 3.81. The smallest absolute Gasteiger partial charge is 0.387 e. The molecule has 0 amide bonds. The van der Waals surface area contributed by atoms with Crippen LogP contribution >= 0.6 is 0 Å². The van der Waals surface area contributed by atoms with Gasteiger partial charge in [-0.15, -0.1) is 0 Å². The molecule has 1 atom stereocenters. The van der Waals surface area contributed by atoms with Gasteiger partial charge >= 0.3 is 6.61 Å². The van der Waals surface area contributed by atoms with Crippen LogP contribution in [-0.2, 0) is 0 Å². The highest BCUT2D eigenvalue weighted by atomic mass is 19.3. The number of ether oxygens (including phenoxy) is 1. The van der Waals surface area contributed by atoms with Crippen LogP contribution in [0.4, 0.5) is 8.78 Å². The molecule has 0 radical (unpaired) electrons. The van der Waals surface area contributed by atoms with Crippen LogP contribution in [0.3, 0.4) is 0 Å². The standard InChI is InChI=1S/C15H22F2N2O/c1-2-3-8-19-9-12(10-19)14(18)11-4-6-13(7-5-11)20-15(16)17/h4-7,12,14-15H,2-3,8-10,18H2,1H3. The van der Waals surface area contributed by atoms with E-state index < -0.39 is 6.61 Å². The van der Waals surface area contributed by atoms with E-state index in [1.54, 1.807) is 24.3 Å². The fourth-order valence-corrected chi connectivity index (χ4v) is 2.54. The van der Waals surface area contributed by atoms with Crippen molar-refractivity contribution in [2.75, 3.05) is 19.6 Å². The monoisotopic (exact) mass is 284 g/mol. The minimum atomic E-state index is -2.78. The van der Waals surface area contributed by atoms with Gasteiger partial charge in [-0.1, -0.05) is 25.5 Å². The number of likely N-dealkylation sites (tertiary alicyclic amines) is 1. The predicted molar refractivity (Wildman–Crippen MR) is 74.8 cm³/mol. The lowest BCUT2D eigenvalue weighted by molar-refractivity contribution is -0.0498. The molecule has 0 bridgehead atoms. The number of benzene rings is 1. The topological polar surface area (TPSA) is 38.5 Å². The summed E-state index contributed by atoms with van der Waals surface area (Å²) in [6, 6.07) is 6.62. The highest BCUT2D eigenvalue weighted by molar-refractivity contribution is 5.29. The van der Waals surface area contributed by atoms with Gasteiger partial charge < -0.3 is 15.4 Å². The molecule has 0 aliphatic carbocycles.